The molecule has 2 aromatic carbocycles. The summed E-state index contributed by atoms with van der Waals surface area (Å²) >= 11 is 0. The highest BCUT2D eigenvalue weighted by Crippen LogP contribution is 2.24. The summed E-state index contributed by atoms with van der Waals surface area (Å²) in [7, 11) is 1.66. The normalized spacial score (nSPS) is 19.4. The number of carbonyl (C=O) groups is 2. The lowest BCUT2D eigenvalue weighted by atomic mass is 9.95. The first-order chi connectivity index (χ1) is 15.5. The van der Waals surface area contributed by atoms with Gasteiger partial charge >= 0.3 is 0 Å². The maximum atomic E-state index is 13.3. The Morgan fingerprint density at radius 2 is 1.59 bits per heavy atom. The number of hydrogen-bond acceptors (Lipinski definition) is 4. The molecule has 1 unspecified atom stereocenters. The van der Waals surface area contributed by atoms with Crippen LogP contribution in [0, 0.1) is 11.7 Å². The van der Waals surface area contributed by atoms with Crippen LogP contribution in [0.5, 0.6) is 5.75 Å². The molecule has 2 saturated heterocycles. The van der Waals surface area contributed by atoms with Gasteiger partial charge < -0.3 is 19.4 Å². The Kier molecular flexibility index (Phi) is 6.93. The zero-order valence-corrected chi connectivity index (χ0v) is 18.5. The first-order valence-corrected chi connectivity index (χ1v) is 11.3. The Balaban J connectivity index is 1.36. The first-order valence-electron chi connectivity index (χ1n) is 11.3. The van der Waals surface area contributed by atoms with E-state index in [0.717, 1.165) is 50.3 Å². The number of benzene rings is 2. The van der Waals surface area contributed by atoms with Gasteiger partial charge in [-0.3, -0.25) is 9.59 Å². The second-order valence-corrected chi connectivity index (χ2v) is 8.46. The fourth-order valence-electron chi connectivity index (χ4n) is 4.59. The molecule has 2 amide bonds. The van der Waals surface area contributed by atoms with Crippen LogP contribution in [0.25, 0.3) is 0 Å². The Morgan fingerprint density at radius 1 is 0.875 bits per heavy atom. The molecular weight excluding hydrogens is 409 g/mol. The van der Waals surface area contributed by atoms with Crippen LogP contribution in [-0.4, -0.2) is 68.0 Å². The largest absolute Gasteiger partial charge is 0.497 e. The average Bonchev–Trinajstić information content (AvgIpc) is 3.10. The van der Waals surface area contributed by atoms with E-state index in [2.05, 4.69) is 17.0 Å². The summed E-state index contributed by atoms with van der Waals surface area (Å²) in [5, 5.41) is 0. The van der Waals surface area contributed by atoms with Gasteiger partial charge in [0.2, 0.25) is 5.91 Å². The van der Waals surface area contributed by atoms with Crippen LogP contribution in [0.15, 0.2) is 48.5 Å². The second-order valence-electron chi connectivity index (χ2n) is 8.46. The van der Waals surface area contributed by atoms with Crippen molar-refractivity contribution < 1.29 is 18.7 Å². The minimum atomic E-state index is -0.363. The van der Waals surface area contributed by atoms with Crippen molar-refractivity contribution in [3.05, 3.63) is 59.9 Å². The molecular formula is C25H30FN3O3. The predicted molar refractivity (Wildman–Crippen MR) is 121 cm³/mol. The highest BCUT2D eigenvalue weighted by molar-refractivity contribution is 5.94. The van der Waals surface area contributed by atoms with E-state index in [4.69, 9.17) is 4.74 Å². The summed E-state index contributed by atoms with van der Waals surface area (Å²) in [6.07, 6.45) is 2.50. The summed E-state index contributed by atoms with van der Waals surface area (Å²) < 4.78 is 18.4. The molecule has 7 heteroatoms. The third-order valence-electron chi connectivity index (χ3n) is 6.39. The van der Waals surface area contributed by atoms with Gasteiger partial charge in [-0.2, -0.15) is 0 Å². The Hall–Kier alpha value is -3.09. The Bertz CT molecular complexity index is 932. The van der Waals surface area contributed by atoms with Crippen molar-refractivity contribution in [1.82, 2.24) is 9.80 Å². The molecule has 0 saturated carbocycles. The second kappa shape index (κ2) is 10.0. The van der Waals surface area contributed by atoms with Crippen LogP contribution < -0.4 is 9.64 Å². The molecule has 32 heavy (non-hydrogen) atoms. The number of anilines is 1. The SMILES string of the molecule is COc1ccc(N2CCCN(C(=O)C3CCCN(C(=O)c4ccc(F)cc4)C3)CC2)cc1. The number of piperidine rings is 1. The highest BCUT2D eigenvalue weighted by atomic mass is 19.1. The minimum Gasteiger partial charge on any atom is -0.497 e. The van der Waals surface area contributed by atoms with Gasteiger partial charge in [0, 0.05) is 50.5 Å². The maximum Gasteiger partial charge on any atom is 0.253 e. The quantitative estimate of drug-likeness (QED) is 0.733. The average molecular weight is 440 g/mol. The number of methoxy groups -OCH3 is 1. The molecule has 2 fully saturated rings. The third-order valence-corrected chi connectivity index (χ3v) is 6.39. The number of carbonyl (C=O) groups excluding carboxylic acids is 2. The summed E-state index contributed by atoms with van der Waals surface area (Å²) in [6.45, 7) is 4.14. The minimum absolute atomic E-state index is 0.135. The molecule has 1 atom stereocenters. The molecule has 2 aromatic rings. The monoisotopic (exact) mass is 439 g/mol. The van der Waals surface area contributed by atoms with E-state index in [0.29, 0.717) is 25.2 Å². The molecule has 0 N–H and O–H groups in total. The van der Waals surface area contributed by atoms with Gasteiger partial charge in [-0.15, -0.1) is 0 Å². The van der Waals surface area contributed by atoms with Crippen molar-refractivity contribution >= 4 is 17.5 Å². The zero-order chi connectivity index (χ0) is 22.5. The fourth-order valence-corrected chi connectivity index (χ4v) is 4.59. The molecule has 0 aliphatic carbocycles. The van der Waals surface area contributed by atoms with Crippen molar-refractivity contribution in [3.8, 4) is 5.75 Å². The first kappa shape index (κ1) is 22.1. The zero-order valence-electron chi connectivity index (χ0n) is 18.5. The molecule has 0 radical (unpaired) electrons. The van der Waals surface area contributed by atoms with Crippen molar-refractivity contribution in [2.45, 2.75) is 19.3 Å². The van der Waals surface area contributed by atoms with E-state index < -0.39 is 0 Å². The van der Waals surface area contributed by atoms with Crippen molar-refractivity contribution in [2.24, 2.45) is 5.92 Å². The lowest BCUT2D eigenvalue weighted by Crippen LogP contribution is -2.47. The van der Waals surface area contributed by atoms with Crippen LogP contribution in [0.4, 0.5) is 10.1 Å². The van der Waals surface area contributed by atoms with E-state index in [1.54, 1.807) is 12.0 Å². The number of halogens is 1. The van der Waals surface area contributed by atoms with Crippen LogP contribution in [0.2, 0.25) is 0 Å². The van der Waals surface area contributed by atoms with E-state index in [-0.39, 0.29) is 23.5 Å². The molecule has 6 nitrogen and oxygen atoms in total. The molecule has 0 bridgehead atoms. The molecule has 2 aliphatic heterocycles. The van der Waals surface area contributed by atoms with Gasteiger partial charge in [-0.05, 0) is 67.8 Å². The van der Waals surface area contributed by atoms with Gasteiger partial charge in [0.25, 0.3) is 5.91 Å². The number of hydrogen-bond donors (Lipinski definition) is 0. The van der Waals surface area contributed by atoms with E-state index in [9.17, 15) is 14.0 Å². The lowest BCUT2D eigenvalue weighted by Gasteiger charge is -2.35. The topological polar surface area (TPSA) is 53.1 Å². The van der Waals surface area contributed by atoms with E-state index in [1.807, 2.05) is 17.0 Å². The predicted octanol–water partition coefficient (Wildman–Crippen LogP) is 3.43. The van der Waals surface area contributed by atoms with Gasteiger partial charge in [-0.1, -0.05) is 0 Å². The van der Waals surface area contributed by atoms with Gasteiger partial charge in [0.15, 0.2) is 0 Å². The van der Waals surface area contributed by atoms with Crippen LogP contribution in [0.3, 0.4) is 0 Å². The summed E-state index contributed by atoms with van der Waals surface area (Å²) in [6, 6.07) is 13.6. The van der Waals surface area contributed by atoms with E-state index >= 15 is 0 Å². The highest BCUT2D eigenvalue weighted by Gasteiger charge is 2.32. The molecule has 0 spiro atoms. The summed E-state index contributed by atoms with van der Waals surface area (Å²) in [5.74, 6) is 0.290. The van der Waals surface area contributed by atoms with Crippen LogP contribution >= 0.6 is 0 Å². The maximum absolute atomic E-state index is 13.3. The summed E-state index contributed by atoms with van der Waals surface area (Å²) in [5.41, 5.74) is 1.60. The third kappa shape index (κ3) is 5.03. The number of ether oxygens (including phenoxy) is 1. The number of nitrogens with zero attached hydrogens (tertiary/aromatic N) is 3. The molecule has 2 heterocycles. The van der Waals surface area contributed by atoms with Crippen LogP contribution in [0.1, 0.15) is 29.6 Å². The molecule has 2 aliphatic rings. The lowest BCUT2D eigenvalue weighted by molar-refractivity contribution is -0.136. The molecule has 0 aromatic heterocycles. The van der Waals surface area contributed by atoms with Crippen molar-refractivity contribution in [3.63, 3.8) is 0 Å². The van der Waals surface area contributed by atoms with Crippen molar-refractivity contribution in [2.75, 3.05) is 51.3 Å². The van der Waals surface area contributed by atoms with Gasteiger partial charge in [0.1, 0.15) is 11.6 Å². The van der Waals surface area contributed by atoms with Crippen molar-refractivity contribution in [1.29, 1.82) is 0 Å². The van der Waals surface area contributed by atoms with E-state index in [1.165, 1.54) is 24.3 Å². The van der Waals surface area contributed by atoms with Crippen LogP contribution in [-0.2, 0) is 4.79 Å². The number of rotatable bonds is 4. The summed E-state index contributed by atoms with van der Waals surface area (Å²) in [4.78, 5) is 32.1. The molecule has 170 valence electrons. The molecule has 4 rings (SSSR count). The fraction of sp³-hybridized carbons (Fsp3) is 0.440. The van der Waals surface area contributed by atoms with Gasteiger partial charge in [0.05, 0.1) is 13.0 Å². The Morgan fingerprint density at radius 3 is 2.31 bits per heavy atom. The van der Waals surface area contributed by atoms with Gasteiger partial charge in [-0.25, -0.2) is 4.39 Å². The Labute approximate surface area is 188 Å². The standard InChI is InChI=1S/C25H30FN3O3/c1-32-23-11-9-22(10-12-23)27-14-3-15-28(17-16-27)25(31)20-4-2-13-29(18-20)24(30)19-5-7-21(26)8-6-19/h5-12,20H,2-4,13-18H2,1H3. The number of likely N-dealkylation sites (tertiary alicyclic amines) is 1. The number of amides is 2. The smallest absolute Gasteiger partial charge is 0.253 e.